The number of benzene rings is 2. The Labute approximate surface area is 147 Å². The van der Waals surface area contributed by atoms with Crippen LogP contribution < -0.4 is 5.32 Å². The van der Waals surface area contributed by atoms with Gasteiger partial charge in [-0.1, -0.05) is 42.5 Å². The summed E-state index contributed by atoms with van der Waals surface area (Å²) in [5.74, 6) is 0.0814. The van der Waals surface area contributed by atoms with Crippen molar-refractivity contribution in [2.24, 2.45) is 5.92 Å². The number of hydrogen-bond acceptors (Lipinski definition) is 4. The van der Waals surface area contributed by atoms with Crippen LogP contribution in [0.2, 0.25) is 0 Å². The van der Waals surface area contributed by atoms with Gasteiger partial charge < -0.3 is 15.5 Å². The molecule has 5 nitrogen and oxygen atoms in total. The number of nitrogens with one attached hydrogen (secondary N) is 1. The molecular formula is C20H24N2O3. The van der Waals surface area contributed by atoms with E-state index in [2.05, 4.69) is 29.6 Å². The molecule has 5 heteroatoms. The van der Waals surface area contributed by atoms with Crippen LogP contribution in [0.5, 0.6) is 0 Å². The molecule has 2 aromatic carbocycles. The molecule has 2 aliphatic rings. The largest absolute Gasteiger partial charge is 0.390 e. The molecule has 1 amide bonds. The highest BCUT2D eigenvalue weighted by Crippen LogP contribution is 2.37. The zero-order valence-corrected chi connectivity index (χ0v) is 14.1. The van der Waals surface area contributed by atoms with E-state index in [9.17, 15) is 15.0 Å². The molecule has 4 atom stereocenters. The molecule has 2 bridgehead atoms. The number of fused-ring (bicyclic) bond motifs is 3. The second-order valence-corrected chi connectivity index (χ2v) is 7.21. The van der Waals surface area contributed by atoms with Crippen molar-refractivity contribution in [3.63, 3.8) is 0 Å². The lowest BCUT2D eigenvalue weighted by atomic mass is 10.0. The van der Waals surface area contributed by atoms with Crippen molar-refractivity contribution >= 4 is 16.7 Å². The maximum atomic E-state index is 12.2. The third-order valence-corrected chi connectivity index (χ3v) is 5.65. The van der Waals surface area contributed by atoms with Gasteiger partial charge in [0.2, 0.25) is 5.91 Å². The third kappa shape index (κ3) is 3.15. The quantitative estimate of drug-likeness (QED) is 0.757. The van der Waals surface area contributed by atoms with Gasteiger partial charge >= 0.3 is 0 Å². The summed E-state index contributed by atoms with van der Waals surface area (Å²) in [6.07, 6.45) is 0.226. The molecule has 0 radical (unpaired) electrons. The fraction of sp³-hybridized carbons (Fsp3) is 0.450. The van der Waals surface area contributed by atoms with Gasteiger partial charge in [0.05, 0.1) is 18.8 Å². The Morgan fingerprint density at radius 3 is 2.72 bits per heavy atom. The van der Waals surface area contributed by atoms with Crippen LogP contribution in [-0.2, 0) is 11.2 Å². The van der Waals surface area contributed by atoms with Gasteiger partial charge in [-0.05, 0) is 29.2 Å². The Kier molecular flexibility index (Phi) is 4.46. The lowest BCUT2D eigenvalue weighted by molar-refractivity contribution is -0.124. The summed E-state index contributed by atoms with van der Waals surface area (Å²) in [5.41, 5.74) is 1.23. The van der Waals surface area contributed by atoms with Crippen LogP contribution in [0.4, 0.5) is 0 Å². The zero-order chi connectivity index (χ0) is 17.4. The minimum atomic E-state index is -0.720. The lowest BCUT2D eigenvalue weighted by Crippen LogP contribution is -2.51. The highest BCUT2D eigenvalue weighted by Gasteiger charge is 2.50. The zero-order valence-electron chi connectivity index (χ0n) is 14.1. The van der Waals surface area contributed by atoms with E-state index in [1.165, 1.54) is 16.3 Å². The van der Waals surface area contributed by atoms with Crippen molar-refractivity contribution in [1.29, 1.82) is 0 Å². The molecule has 25 heavy (non-hydrogen) atoms. The summed E-state index contributed by atoms with van der Waals surface area (Å²) >= 11 is 0. The van der Waals surface area contributed by atoms with Crippen molar-refractivity contribution < 1.29 is 15.0 Å². The molecule has 1 heterocycles. The number of likely N-dealkylation sites (tertiary alicyclic amines) is 1. The number of hydrogen-bond donors (Lipinski definition) is 3. The van der Waals surface area contributed by atoms with E-state index in [1.807, 2.05) is 23.1 Å². The molecule has 0 spiro atoms. The van der Waals surface area contributed by atoms with E-state index in [4.69, 9.17) is 0 Å². The van der Waals surface area contributed by atoms with Gasteiger partial charge in [-0.3, -0.25) is 9.69 Å². The molecule has 0 aromatic heterocycles. The molecule has 1 saturated heterocycles. The lowest BCUT2D eigenvalue weighted by Gasteiger charge is -2.32. The smallest absolute Gasteiger partial charge is 0.234 e. The normalized spacial score (nSPS) is 28.6. The molecule has 2 fully saturated rings. The minimum absolute atomic E-state index is 0.0190. The van der Waals surface area contributed by atoms with Crippen LogP contribution in [0.15, 0.2) is 42.5 Å². The van der Waals surface area contributed by atoms with Gasteiger partial charge in [0, 0.05) is 25.0 Å². The number of carbonyl (C=O) groups is 1. The van der Waals surface area contributed by atoms with Gasteiger partial charge in [0.15, 0.2) is 0 Å². The van der Waals surface area contributed by atoms with Gasteiger partial charge in [0.1, 0.15) is 0 Å². The first kappa shape index (κ1) is 16.5. The van der Waals surface area contributed by atoms with E-state index in [0.29, 0.717) is 19.6 Å². The van der Waals surface area contributed by atoms with E-state index >= 15 is 0 Å². The van der Waals surface area contributed by atoms with Gasteiger partial charge in [-0.25, -0.2) is 0 Å². The van der Waals surface area contributed by atoms with Gasteiger partial charge in [0.25, 0.3) is 0 Å². The van der Waals surface area contributed by atoms with Crippen molar-refractivity contribution in [2.45, 2.75) is 31.1 Å². The highest BCUT2D eigenvalue weighted by molar-refractivity contribution is 5.85. The molecule has 2 aromatic rings. The van der Waals surface area contributed by atoms with Crippen LogP contribution in [0, 0.1) is 5.92 Å². The summed E-state index contributed by atoms with van der Waals surface area (Å²) in [4.78, 5) is 14.2. The summed E-state index contributed by atoms with van der Waals surface area (Å²) in [5, 5.41) is 25.2. The number of amides is 1. The van der Waals surface area contributed by atoms with E-state index in [1.54, 1.807) is 0 Å². The minimum Gasteiger partial charge on any atom is -0.390 e. The second-order valence-electron chi connectivity index (χ2n) is 7.21. The van der Waals surface area contributed by atoms with E-state index in [0.717, 1.165) is 12.8 Å². The fourth-order valence-electron chi connectivity index (χ4n) is 4.35. The Morgan fingerprint density at radius 2 is 1.92 bits per heavy atom. The fourth-order valence-corrected chi connectivity index (χ4v) is 4.35. The van der Waals surface area contributed by atoms with Gasteiger partial charge in [-0.2, -0.15) is 0 Å². The van der Waals surface area contributed by atoms with Crippen LogP contribution in [0.1, 0.15) is 12.0 Å². The van der Waals surface area contributed by atoms with Gasteiger partial charge in [-0.15, -0.1) is 0 Å². The molecule has 132 valence electrons. The monoisotopic (exact) mass is 340 g/mol. The first-order valence-electron chi connectivity index (χ1n) is 8.97. The van der Waals surface area contributed by atoms with Crippen LogP contribution in [0.3, 0.4) is 0 Å². The number of aliphatic hydroxyl groups excluding tert-OH is 2. The average Bonchev–Trinajstić information content (AvgIpc) is 3.15. The summed E-state index contributed by atoms with van der Waals surface area (Å²) in [7, 11) is 0. The number of carbonyl (C=O) groups excluding carboxylic acids is 1. The molecular weight excluding hydrogens is 316 g/mol. The van der Waals surface area contributed by atoms with Crippen molar-refractivity contribution in [3.8, 4) is 0 Å². The Hall–Kier alpha value is -1.95. The van der Waals surface area contributed by atoms with E-state index < -0.39 is 12.2 Å². The molecule has 1 aliphatic heterocycles. The Bertz CT molecular complexity index is 771. The van der Waals surface area contributed by atoms with Crippen LogP contribution in [-0.4, -0.2) is 58.9 Å². The van der Waals surface area contributed by atoms with E-state index in [-0.39, 0.29) is 17.9 Å². The number of aliphatic hydroxyl groups is 2. The Morgan fingerprint density at radius 1 is 1.12 bits per heavy atom. The topological polar surface area (TPSA) is 72.8 Å². The van der Waals surface area contributed by atoms with Crippen molar-refractivity contribution in [1.82, 2.24) is 10.2 Å². The maximum Gasteiger partial charge on any atom is 0.234 e. The van der Waals surface area contributed by atoms with Crippen LogP contribution in [0.25, 0.3) is 10.8 Å². The molecule has 1 saturated carbocycles. The number of piperidine rings is 1. The number of nitrogens with zero attached hydrogens (tertiary/aromatic N) is 1. The van der Waals surface area contributed by atoms with Crippen molar-refractivity contribution in [3.05, 3.63) is 48.0 Å². The summed E-state index contributed by atoms with van der Waals surface area (Å²) in [6.45, 7) is 1.58. The first-order chi connectivity index (χ1) is 12.1. The predicted octanol–water partition coefficient (Wildman–Crippen LogP) is 0.924. The number of rotatable bonds is 5. The first-order valence-corrected chi connectivity index (χ1v) is 8.97. The standard InChI is InChI=1S/C20H24N2O3/c23-18(12-22-11-15-10-17(22)20(25)19(15)24)21-9-8-14-6-3-5-13-4-1-2-7-16(13)14/h1-7,15,17,19-20,24-25H,8-12H2,(H,21,23)/t15-,17-,19-,20+/m0/s1. The van der Waals surface area contributed by atoms with Crippen LogP contribution >= 0.6 is 0 Å². The third-order valence-electron chi connectivity index (χ3n) is 5.65. The highest BCUT2D eigenvalue weighted by atomic mass is 16.3. The average molecular weight is 340 g/mol. The Balaban J connectivity index is 1.30. The molecule has 3 N–H and O–H groups in total. The summed E-state index contributed by atoms with van der Waals surface area (Å²) < 4.78 is 0. The van der Waals surface area contributed by atoms with Crippen molar-refractivity contribution in [2.75, 3.05) is 19.6 Å². The molecule has 1 aliphatic carbocycles. The summed E-state index contributed by atoms with van der Waals surface area (Å²) in [6, 6.07) is 14.4. The predicted molar refractivity (Wildman–Crippen MR) is 96.1 cm³/mol. The second kappa shape index (κ2) is 6.75. The maximum absolute atomic E-state index is 12.2. The molecule has 4 rings (SSSR count). The SMILES string of the molecule is O=C(CN1C[C@@H]2C[C@H]1[C@@H](O)[C@H]2O)NCCc1cccc2ccccc12. The molecule has 0 unspecified atom stereocenters.